The first-order valence-electron chi connectivity index (χ1n) is 9.72. The van der Waals surface area contributed by atoms with Crippen LogP contribution >= 0.6 is 0 Å². The number of ether oxygens (including phenoxy) is 2. The quantitative estimate of drug-likeness (QED) is 0.563. The van der Waals surface area contributed by atoms with E-state index in [2.05, 4.69) is 43.2 Å². The monoisotopic (exact) mass is 379 g/mol. The number of rotatable bonds is 7. The highest BCUT2D eigenvalue weighted by molar-refractivity contribution is 5.76. The van der Waals surface area contributed by atoms with Gasteiger partial charge in [0, 0.05) is 18.7 Å². The van der Waals surface area contributed by atoms with Crippen molar-refractivity contribution in [3.05, 3.63) is 18.2 Å². The van der Waals surface area contributed by atoms with Crippen molar-refractivity contribution in [1.82, 2.24) is 9.80 Å². The number of amides is 1. The molecular weight excluding hydrogens is 344 g/mol. The minimum absolute atomic E-state index is 0.235. The highest BCUT2D eigenvalue weighted by atomic mass is 16.6. The molecule has 152 valence electrons. The zero-order valence-electron chi connectivity index (χ0n) is 17.5. The number of fused-ring (bicyclic) bond motifs is 1. The minimum Gasteiger partial charge on any atom is -0.492 e. The van der Waals surface area contributed by atoms with Crippen molar-refractivity contribution in [1.29, 1.82) is 0 Å². The van der Waals surface area contributed by atoms with Gasteiger partial charge in [0.2, 0.25) is 0 Å². The van der Waals surface area contributed by atoms with E-state index in [1.807, 2.05) is 26.8 Å². The van der Waals surface area contributed by atoms with E-state index >= 15 is 0 Å². The van der Waals surface area contributed by atoms with Crippen molar-refractivity contribution in [3.63, 3.8) is 0 Å². The molecule has 0 radical (unpaired) electrons. The van der Waals surface area contributed by atoms with E-state index < -0.39 is 11.7 Å². The van der Waals surface area contributed by atoms with Crippen LogP contribution < -0.4 is 25.2 Å². The molecule has 0 aliphatic carbocycles. The van der Waals surface area contributed by atoms with Gasteiger partial charge in [0.25, 0.3) is 0 Å². The average Bonchev–Trinajstić information content (AvgIpc) is 2.85. The molecule has 1 aliphatic rings. The van der Waals surface area contributed by atoms with Gasteiger partial charge in [0.15, 0.2) is 11.9 Å². The number of nitrogens with zero attached hydrogens (tertiary/aromatic N) is 2. The molecular formula is C20H35N4O3+. The summed E-state index contributed by atoms with van der Waals surface area (Å²) in [4.78, 5) is 14.0. The van der Waals surface area contributed by atoms with Gasteiger partial charge in [0.05, 0.1) is 26.7 Å². The van der Waals surface area contributed by atoms with Crippen LogP contribution in [0.4, 0.5) is 16.2 Å². The van der Waals surface area contributed by atoms with E-state index in [1.54, 1.807) is 0 Å². The van der Waals surface area contributed by atoms with E-state index in [0.29, 0.717) is 19.7 Å². The Labute approximate surface area is 163 Å². The molecule has 7 heteroatoms. The predicted molar refractivity (Wildman–Crippen MR) is 110 cm³/mol. The van der Waals surface area contributed by atoms with Gasteiger partial charge in [-0.15, -0.1) is 0 Å². The van der Waals surface area contributed by atoms with Crippen LogP contribution in [0, 0.1) is 0 Å². The van der Waals surface area contributed by atoms with Crippen LogP contribution in [-0.4, -0.2) is 57.7 Å². The summed E-state index contributed by atoms with van der Waals surface area (Å²) in [6, 6.07) is 6.20. The number of nitrogens with two attached hydrogens (primary N) is 1. The summed E-state index contributed by atoms with van der Waals surface area (Å²) in [6.07, 6.45) is -0.196. The fraction of sp³-hybridized carbons (Fsp3) is 0.650. The molecule has 2 atom stereocenters. The third-order valence-electron chi connectivity index (χ3n) is 5.07. The van der Waals surface area contributed by atoms with Crippen LogP contribution in [0.25, 0.3) is 0 Å². The lowest BCUT2D eigenvalue weighted by molar-refractivity contribution is 0.0520. The average molecular weight is 380 g/mol. The molecule has 1 aromatic rings. The van der Waals surface area contributed by atoms with Crippen molar-refractivity contribution in [3.8, 4) is 5.75 Å². The summed E-state index contributed by atoms with van der Waals surface area (Å²) in [5.74, 6) is 0.790. The number of quaternary nitrogens is 1. The predicted octanol–water partition coefficient (Wildman–Crippen LogP) is 2.67. The number of likely N-dealkylation sites (N-methyl/N-ethyl adjacent to an activating group) is 2. The molecule has 0 spiro atoms. The van der Waals surface area contributed by atoms with E-state index in [9.17, 15) is 4.79 Å². The zero-order valence-corrected chi connectivity index (χ0v) is 17.5. The van der Waals surface area contributed by atoms with Crippen molar-refractivity contribution < 1.29 is 14.3 Å². The maximum Gasteiger partial charge on any atom is 0.407 e. The van der Waals surface area contributed by atoms with Crippen LogP contribution in [0.2, 0.25) is 0 Å². The Hall–Kier alpha value is -1.99. The highest BCUT2D eigenvalue weighted by Crippen LogP contribution is 2.45. The van der Waals surface area contributed by atoms with Crippen LogP contribution in [0.1, 0.15) is 34.6 Å². The van der Waals surface area contributed by atoms with Gasteiger partial charge < -0.3 is 25.4 Å². The van der Waals surface area contributed by atoms with E-state index in [0.717, 1.165) is 23.3 Å². The molecule has 0 saturated carbocycles. The number of alkyl carbamates (subject to hydrolysis) is 1. The Balaban J connectivity index is 2.01. The number of anilines is 1. The van der Waals surface area contributed by atoms with E-state index in [1.165, 1.54) is 11.4 Å². The standard InChI is InChI=1S/C20H34N4O3/c1-7-23-16-13-15(26-12-11-22-19(25)27-20(3,4)5)9-10-17(16)24(6,8-2)18(23)14-21/h9-10,13,18H,7-8,11-12,14,21H2,1-6H3/p+1. The second-order valence-electron chi connectivity index (χ2n) is 8.01. The molecule has 1 amide bonds. The van der Waals surface area contributed by atoms with Gasteiger partial charge in [-0.3, -0.25) is 4.48 Å². The van der Waals surface area contributed by atoms with Crippen LogP contribution in [0.5, 0.6) is 5.75 Å². The largest absolute Gasteiger partial charge is 0.492 e. The van der Waals surface area contributed by atoms with Crippen molar-refractivity contribution in [2.45, 2.75) is 46.4 Å². The van der Waals surface area contributed by atoms with Gasteiger partial charge in [-0.25, -0.2) is 4.79 Å². The van der Waals surface area contributed by atoms with Crippen LogP contribution in [0.15, 0.2) is 18.2 Å². The smallest absolute Gasteiger partial charge is 0.407 e. The maximum absolute atomic E-state index is 11.7. The van der Waals surface area contributed by atoms with Gasteiger partial charge in [-0.05, 0) is 40.7 Å². The lowest BCUT2D eigenvalue weighted by Gasteiger charge is -2.36. The van der Waals surface area contributed by atoms with E-state index in [-0.39, 0.29) is 6.17 Å². The molecule has 0 aromatic heterocycles. The van der Waals surface area contributed by atoms with Crippen molar-refractivity contribution in [2.75, 3.05) is 44.7 Å². The molecule has 1 heterocycles. The summed E-state index contributed by atoms with van der Waals surface area (Å²) in [5, 5.41) is 2.70. The summed E-state index contributed by atoms with van der Waals surface area (Å²) in [5.41, 5.74) is 8.04. The highest BCUT2D eigenvalue weighted by Gasteiger charge is 2.46. The van der Waals surface area contributed by atoms with Gasteiger partial charge in [0.1, 0.15) is 23.6 Å². The summed E-state index contributed by atoms with van der Waals surface area (Å²) < 4.78 is 11.9. The summed E-state index contributed by atoms with van der Waals surface area (Å²) in [6.45, 7) is 13.1. The summed E-state index contributed by atoms with van der Waals surface area (Å²) >= 11 is 0. The molecule has 0 fully saturated rings. The Bertz CT molecular complexity index is 659. The number of carbonyl (C=O) groups is 1. The fourth-order valence-electron chi connectivity index (χ4n) is 3.64. The number of nitrogens with one attached hydrogen (secondary N) is 1. The first-order chi connectivity index (χ1) is 12.7. The molecule has 7 nitrogen and oxygen atoms in total. The number of hydrogen-bond donors (Lipinski definition) is 2. The van der Waals surface area contributed by atoms with Crippen LogP contribution in [0.3, 0.4) is 0 Å². The molecule has 0 saturated heterocycles. The molecule has 1 aromatic carbocycles. The second kappa shape index (κ2) is 8.35. The van der Waals surface area contributed by atoms with Crippen molar-refractivity contribution in [2.24, 2.45) is 5.73 Å². The number of carbonyl (C=O) groups excluding carboxylic acids is 1. The minimum atomic E-state index is -0.502. The summed E-state index contributed by atoms with van der Waals surface area (Å²) in [7, 11) is 2.23. The molecule has 1 aliphatic heterocycles. The molecule has 2 unspecified atom stereocenters. The fourth-order valence-corrected chi connectivity index (χ4v) is 3.64. The Kier molecular flexibility index (Phi) is 6.59. The SMILES string of the molecule is CCN1c2cc(OCCNC(=O)OC(C)(C)C)ccc2[N+](C)(CC)C1CN. The lowest BCUT2D eigenvalue weighted by atomic mass is 10.2. The van der Waals surface area contributed by atoms with Crippen molar-refractivity contribution >= 4 is 17.5 Å². The Morgan fingerprint density at radius 1 is 1.33 bits per heavy atom. The topological polar surface area (TPSA) is 76.8 Å². The molecule has 2 rings (SSSR count). The normalized spacial score (nSPS) is 21.7. The van der Waals surface area contributed by atoms with Crippen LogP contribution in [-0.2, 0) is 4.74 Å². The first kappa shape index (κ1) is 21.3. The van der Waals surface area contributed by atoms with Gasteiger partial charge in [-0.1, -0.05) is 0 Å². The zero-order chi connectivity index (χ0) is 20.2. The lowest BCUT2D eigenvalue weighted by Crippen LogP contribution is -2.59. The molecule has 3 N–H and O–H groups in total. The number of hydrogen-bond acceptors (Lipinski definition) is 5. The third kappa shape index (κ3) is 4.65. The molecule has 27 heavy (non-hydrogen) atoms. The molecule has 0 bridgehead atoms. The third-order valence-corrected chi connectivity index (χ3v) is 5.07. The Morgan fingerprint density at radius 3 is 2.59 bits per heavy atom. The Morgan fingerprint density at radius 2 is 2.04 bits per heavy atom. The second-order valence-corrected chi connectivity index (χ2v) is 8.01. The van der Waals surface area contributed by atoms with Gasteiger partial charge >= 0.3 is 6.09 Å². The first-order valence-corrected chi connectivity index (χ1v) is 9.72. The number of benzene rings is 1. The van der Waals surface area contributed by atoms with E-state index in [4.69, 9.17) is 15.2 Å². The van der Waals surface area contributed by atoms with Gasteiger partial charge in [-0.2, -0.15) is 0 Å². The maximum atomic E-state index is 11.7.